The summed E-state index contributed by atoms with van der Waals surface area (Å²) in [6.45, 7) is 4.57. The fraction of sp³-hybridized carbons (Fsp3) is 0.0732. The minimum absolute atomic E-state index is 0.180. The number of rotatable bonds is 4. The molecule has 0 radical (unpaired) electrons. The Hall–Kier alpha value is -5.54. The van der Waals surface area contributed by atoms with Gasteiger partial charge in [-0.1, -0.05) is 141 Å². The number of hydrogen-bond acceptors (Lipinski definition) is 3. The maximum Gasteiger partial charge on any atom is 0.160 e. The van der Waals surface area contributed by atoms with Gasteiger partial charge >= 0.3 is 0 Å². The van der Waals surface area contributed by atoms with Gasteiger partial charge in [-0.05, 0) is 40.5 Å². The first-order valence-electron chi connectivity index (χ1n) is 15.0. The third-order valence-electron chi connectivity index (χ3n) is 8.75. The topological polar surface area (TPSA) is 35.0 Å². The normalized spacial score (nSPS) is 13.1. The Morgan fingerprint density at radius 2 is 1.09 bits per heavy atom. The molecule has 8 rings (SSSR count). The summed E-state index contributed by atoms with van der Waals surface area (Å²) in [4.78, 5) is 9.95. The van der Waals surface area contributed by atoms with Crippen molar-refractivity contribution in [1.82, 2.24) is 9.97 Å². The van der Waals surface area contributed by atoms with Crippen LogP contribution in [0.3, 0.4) is 0 Å². The van der Waals surface area contributed by atoms with Crippen LogP contribution in [0.5, 0.6) is 11.5 Å². The van der Waals surface area contributed by atoms with E-state index in [1.54, 1.807) is 0 Å². The van der Waals surface area contributed by atoms with Crippen LogP contribution in [0.1, 0.15) is 25.0 Å². The lowest BCUT2D eigenvalue weighted by atomic mass is 9.73. The van der Waals surface area contributed by atoms with Crippen LogP contribution in [0.4, 0.5) is 0 Å². The van der Waals surface area contributed by atoms with E-state index in [-0.39, 0.29) is 5.41 Å². The van der Waals surface area contributed by atoms with Crippen LogP contribution >= 0.6 is 0 Å². The van der Waals surface area contributed by atoms with Crippen molar-refractivity contribution in [2.45, 2.75) is 19.3 Å². The number of benzene rings is 6. The Labute approximate surface area is 257 Å². The Morgan fingerprint density at radius 1 is 0.477 bits per heavy atom. The summed E-state index contributed by atoms with van der Waals surface area (Å²) in [5.74, 6) is 2.59. The monoisotopic (exact) mass is 566 g/mol. The van der Waals surface area contributed by atoms with Gasteiger partial charge in [0, 0.05) is 33.1 Å². The highest BCUT2D eigenvalue weighted by Gasteiger charge is 2.36. The molecule has 3 nitrogen and oxygen atoms in total. The van der Waals surface area contributed by atoms with E-state index >= 15 is 0 Å². The molecule has 2 heterocycles. The Kier molecular flexibility index (Phi) is 6.13. The zero-order chi connectivity index (χ0) is 29.7. The van der Waals surface area contributed by atoms with E-state index in [1.807, 2.05) is 36.4 Å². The van der Waals surface area contributed by atoms with Gasteiger partial charge in [-0.15, -0.1) is 0 Å². The van der Waals surface area contributed by atoms with Crippen molar-refractivity contribution in [2.75, 3.05) is 0 Å². The van der Waals surface area contributed by atoms with Crippen LogP contribution in [-0.4, -0.2) is 9.97 Å². The number of hydrogen-bond donors (Lipinski definition) is 0. The molecule has 210 valence electrons. The molecule has 0 unspecified atom stereocenters. The molecule has 7 aromatic rings. The van der Waals surface area contributed by atoms with Crippen LogP contribution in [0.15, 0.2) is 146 Å². The van der Waals surface area contributed by atoms with Crippen molar-refractivity contribution in [1.29, 1.82) is 0 Å². The largest absolute Gasteiger partial charge is 0.457 e. The van der Waals surface area contributed by atoms with Crippen LogP contribution in [0, 0.1) is 0 Å². The lowest BCUT2D eigenvalue weighted by molar-refractivity contribution is 0.419. The molecule has 0 N–H and O–H groups in total. The summed E-state index contributed by atoms with van der Waals surface area (Å²) in [5, 5.41) is 1.05. The molecule has 6 aromatic carbocycles. The average molecular weight is 567 g/mol. The molecule has 0 amide bonds. The highest BCUT2D eigenvalue weighted by Crippen LogP contribution is 2.51. The highest BCUT2D eigenvalue weighted by molar-refractivity contribution is 5.93. The van der Waals surface area contributed by atoms with Crippen molar-refractivity contribution >= 4 is 10.9 Å². The molecular weight excluding hydrogens is 536 g/mol. The number of fused-ring (bicyclic) bond motifs is 3. The summed E-state index contributed by atoms with van der Waals surface area (Å²) < 4.78 is 6.36. The molecule has 0 saturated carbocycles. The predicted molar refractivity (Wildman–Crippen MR) is 180 cm³/mol. The summed E-state index contributed by atoms with van der Waals surface area (Å²) in [5.41, 5.74) is 10.9. The molecule has 0 atom stereocenters. The Morgan fingerprint density at radius 3 is 1.86 bits per heavy atom. The van der Waals surface area contributed by atoms with Gasteiger partial charge in [-0.25, -0.2) is 9.97 Å². The second-order valence-corrected chi connectivity index (χ2v) is 11.8. The fourth-order valence-corrected chi connectivity index (χ4v) is 6.50. The SMILES string of the molecule is CC1(C)c2ccccc2Oc2cccc(-c3ccc(-c4ccc(-c5nc(-c6ccccc6)c6ccccc6n5)cc4)cc3)c21. The third kappa shape index (κ3) is 4.37. The fourth-order valence-electron chi connectivity index (χ4n) is 6.50. The van der Waals surface area contributed by atoms with E-state index in [0.717, 1.165) is 56.2 Å². The first-order chi connectivity index (χ1) is 21.6. The lowest BCUT2D eigenvalue weighted by Gasteiger charge is -2.36. The van der Waals surface area contributed by atoms with Gasteiger partial charge in [0.25, 0.3) is 0 Å². The molecule has 1 aliphatic heterocycles. The minimum atomic E-state index is -0.180. The summed E-state index contributed by atoms with van der Waals surface area (Å²) in [7, 11) is 0. The van der Waals surface area contributed by atoms with Crippen molar-refractivity contribution in [2.24, 2.45) is 0 Å². The standard InChI is InChI=1S/C41H30N2O/c1-41(2)34-15-7-9-17-36(34)44-37-18-10-14-32(38(37)41)29-23-19-27(20-24-29)28-21-25-31(26-22-28)40-42-35-16-8-6-13-33(35)39(43-40)30-11-4-3-5-12-30/h3-26H,1-2H3. The quantitative estimate of drug-likeness (QED) is 0.213. The van der Waals surface area contributed by atoms with Gasteiger partial charge in [0.15, 0.2) is 5.82 Å². The van der Waals surface area contributed by atoms with Crippen LogP contribution in [0.25, 0.3) is 55.8 Å². The highest BCUT2D eigenvalue weighted by atomic mass is 16.5. The zero-order valence-electron chi connectivity index (χ0n) is 24.7. The number of ether oxygens (including phenoxy) is 1. The van der Waals surface area contributed by atoms with Gasteiger partial charge in [0.2, 0.25) is 0 Å². The van der Waals surface area contributed by atoms with E-state index < -0.39 is 0 Å². The maximum absolute atomic E-state index is 6.36. The van der Waals surface area contributed by atoms with Crippen molar-refractivity contribution in [3.05, 3.63) is 157 Å². The molecule has 1 aromatic heterocycles. The molecular formula is C41H30N2O. The third-order valence-corrected chi connectivity index (χ3v) is 8.75. The molecule has 0 fully saturated rings. The van der Waals surface area contributed by atoms with Gasteiger partial charge in [-0.3, -0.25) is 0 Å². The Balaban J connectivity index is 1.12. The molecule has 0 spiro atoms. The van der Waals surface area contributed by atoms with Crippen LogP contribution in [-0.2, 0) is 5.41 Å². The molecule has 0 aliphatic carbocycles. The lowest BCUT2D eigenvalue weighted by Crippen LogP contribution is -2.25. The van der Waals surface area contributed by atoms with Gasteiger partial charge in [0.1, 0.15) is 11.5 Å². The number of aromatic nitrogens is 2. The number of para-hydroxylation sites is 2. The van der Waals surface area contributed by atoms with E-state index in [1.165, 1.54) is 22.3 Å². The maximum atomic E-state index is 6.36. The molecule has 0 bridgehead atoms. The minimum Gasteiger partial charge on any atom is -0.457 e. The van der Waals surface area contributed by atoms with Crippen molar-refractivity contribution < 1.29 is 4.74 Å². The molecule has 44 heavy (non-hydrogen) atoms. The first kappa shape index (κ1) is 26.1. The van der Waals surface area contributed by atoms with Crippen molar-refractivity contribution in [3.8, 4) is 56.4 Å². The molecule has 3 heteroatoms. The van der Waals surface area contributed by atoms with Gasteiger partial charge in [0.05, 0.1) is 11.2 Å². The average Bonchev–Trinajstić information content (AvgIpc) is 3.08. The zero-order valence-corrected chi connectivity index (χ0v) is 24.7. The summed E-state index contributed by atoms with van der Waals surface area (Å²) >= 11 is 0. The Bertz CT molecular complexity index is 2150. The van der Waals surface area contributed by atoms with Gasteiger partial charge in [-0.2, -0.15) is 0 Å². The summed E-state index contributed by atoms with van der Waals surface area (Å²) in [6, 6.07) is 50.6. The second kappa shape index (κ2) is 10.3. The van der Waals surface area contributed by atoms with Crippen molar-refractivity contribution in [3.63, 3.8) is 0 Å². The predicted octanol–water partition coefficient (Wildman–Crippen LogP) is 10.7. The van der Waals surface area contributed by atoms with E-state index in [4.69, 9.17) is 14.7 Å². The molecule has 0 saturated heterocycles. The van der Waals surface area contributed by atoms with Gasteiger partial charge < -0.3 is 4.74 Å². The number of nitrogens with zero attached hydrogens (tertiary/aromatic N) is 2. The first-order valence-corrected chi connectivity index (χ1v) is 15.0. The van der Waals surface area contributed by atoms with E-state index in [9.17, 15) is 0 Å². The van der Waals surface area contributed by atoms with E-state index in [2.05, 4.69) is 123 Å². The van der Waals surface area contributed by atoms with Crippen LogP contribution < -0.4 is 4.74 Å². The van der Waals surface area contributed by atoms with E-state index in [0.29, 0.717) is 0 Å². The summed E-state index contributed by atoms with van der Waals surface area (Å²) in [6.07, 6.45) is 0. The smallest absolute Gasteiger partial charge is 0.160 e. The van der Waals surface area contributed by atoms with Crippen LogP contribution in [0.2, 0.25) is 0 Å². The molecule has 1 aliphatic rings. The second-order valence-electron chi connectivity index (χ2n) is 11.8.